The highest BCUT2D eigenvalue weighted by Crippen LogP contribution is 2.19. The van der Waals surface area contributed by atoms with E-state index in [4.69, 9.17) is 4.74 Å². The minimum atomic E-state index is -0.316. The second-order valence-electron chi connectivity index (χ2n) is 3.94. The van der Waals surface area contributed by atoms with Crippen molar-refractivity contribution < 1.29 is 9.53 Å². The van der Waals surface area contributed by atoms with Crippen LogP contribution >= 0.6 is 0 Å². The molecule has 0 rings (SSSR count). The molecule has 0 heterocycles. The highest BCUT2D eigenvalue weighted by molar-refractivity contribution is 5.70. The van der Waals surface area contributed by atoms with Crippen molar-refractivity contribution in [3.8, 4) is 0 Å². The first-order chi connectivity index (χ1) is 6.02. The first kappa shape index (κ1) is 12.5. The molecule has 2 heteroatoms. The summed E-state index contributed by atoms with van der Waals surface area (Å²) >= 11 is 0. The number of hydrogen-bond donors (Lipinski definition) is 0. The molecule has 0 unspecified atom stereocenters. The molecular formula is C11H21O2. The molecule has 2 nitrogen and oxygen atoms in total. The first-order valence-electron chi connectivity index (χ1n) is 5.03. The molecule has 77 valence electrons. The normalized spacial score (nSPS) is 11.4. The first-order valence-corrected chi connectivity index (χ1v) is 5.03. The Bertz CT molecular complexity index is 150. The standard InChI is InChI=1S/C11H21O2/c1-5-7-8-9-11(3,4)13-10(12)6-2/h2,5-9H2,1,3-4H3. The molecular weight excluding hydrogens is 164 g/mol. The molecule has 0 aromatic heterocycles. The largest absolute Gasteiger partial charge is 0.460 e. The van der Waals surface area contributed by atoms with Crippen molar-refractivity contribution in [3.05, 3.63) is 6.92 Å². The third-order valence-corrected chi connectivity index (χ3v) is 1.98. The van der Waals surface area contributed by atoms with Gasteiger partial charge < -0.3 is 4.74 Å². The molecule has 0 fully saturated rings. The highest BCUT2D eigenvalue weighted by atomic mass is 16.6. The molecule has 0 saturated carbocycles. The van der Waals surface area contributed by atoms with Gasteiger partial charge in [0.2, 0.25) is 0 Å². The number of carbonyl (C=O) groups is 1. The summed E-state index contributed by atoms with van der Waals surface area (Å²) in [5, 5.41) is 0. The topological polar surface area (TPSA) is 26.3 Å². The Morgan fingerprint density at radius 2 is 2.00 bits per heavy atom. The molecule has 13 heavy (non-hydrogen) atoms. The fourth-order valence-electron chi connectivity index (χ4n) is 1.21. The summed E-state index contributed by atoms with van der Waals surface area (Å²) in [5.74, 6) is -0.207. The summed E-state index contributed by atoms with van der Waals surface area (Å²) in [6, 6.07) is 0. The highest BCUT2D eigenvalue weighted by Gasteiger charge is 2.20. The van der Waals surface area contributed by atoms with Gasteiger partial charge in [0.25, 0.3) is 0 Å². The van der Waals surface area contributed by atoms with Crippen molar-refractivity contribution in [2.45, 2.75) is 58.5 Å². The van der Waals surface area contributed by atoms with Gasteiger partial charge in [-0.25, -0.2) is 0 Å². The lowest BCUT2D eigenvalue weighted by molar-refractivity contribution is -0.156. The van der Waals surface area contributed by atoms with Crippen molar-refractivity contribution >= 4 is 5.97 Å². The molecule has 0 atom stereocenters. The quantitative estimate of drug-likeness (QED) is 0.469. The van der Waals surface area contributed by atoms with Gasteiger partial charge in [0.1, 0.15) is 5.60 Å². The van der Waals surface area contributed by atoms with Crippen LogP contribution < -0.4 is 0 Å². The third-order valence-electron chi connectivity index (χ3n) is 1.98. The van der Waals surface area contributed by atoms with Crippen LogP contribution in [0.25, 0.3) is 0 Å². The van der Waals surface area contributed by atoms with Gasteiger partial charge in [-0.3, -0.25) is 4.79 Å². The van der Waals surface area contributed by atoms with Crippen LogP contribution in [-0.4, -0.2) is 11.6 Å². The molecule has 0 aliphatic carbocycles. The van der Waals surface area contributed by atoms with Gasteiger partial charge in [-0.15, -0.1) is 0 Å². The predicted molar refractivity (Wildman–Crippen MR) is 54.3 cm³/mol. The number of unbranched alkanes of at least 4 members (excludes halogenated alkanes) is 2. The lowest BCUT2D eigenvalue weighted by Crippen LogP contribution is -2.27. The maximum absolute atomic E-state index is 11.0. The monoisotopic (exact) mass is 185 g/mol. The van der Waals surface area contributed by atoms with Crippen LogP contribution in [-0.2, 0) is 9.53 Å². The van der Waals surface area contributed by atoms with E-state index in [1.165, 1.54) is 12.8 Å². The van der Waals surface area contributed by atoms with E-state index < -0.39 is 0 Å². The maximum atomic E-state index is 11.0. The molecule has 0 aromatic carbocycles. The van der Waals surface area contributed by atoms with E-state index in [1.807, 2.05) is 13.8 Å². The molecule has 0 amide bonds. The second-order valence-corrected chi connectivity index (χ2v) is 3.94. The number of carbonyl (C=O) groups excluding carboxylic acids is 1. The van der Waals surface area contributed by atoms with Gasteiger partial charge in [0.05, 0.1) is 0 Å². The Balaban J connectivity index is 3.72. The molecule has 0 aliphatic heterocycles. The summed E-state index contributed by atoms with van der Waals surface area (Å²) in [6.07, 6.45) is 4.67. The Hall–Kier alpha value is -0.530. The zero-order chi connectivity index (χ0) is 10.3. The third kappa shape index (κ3) is 6.62. The van der Waals surface area contributed by atoms with Crippen molar-refractivity contribution in [3.63, 3.8) is 0 Å². The Labute approximate surface area is 81.7 Å². The summed E-state index contributed by atoms with van der Waals surface area (Å²) < 4.78 is 5.23. The van der Waals surface area contributed by atoms with Crippen molar-refractivity contribution in [2.24, 2.45) is 0 Å². The van der Waals surface area contributed by atoms with Gasteiger partial charge in [-0.05, 0) is 33.6 Å². The summed E-state index contributed by atoms with van der Waals surface area (Å²) in [5.41, 5.74) is -0.316. The van der Waals surface area contributed by atoms with Crippen molar-refractivity contribution in [1.82, 2.24) is 0 Å². The SMILES string of the molecule is [CH2]CC(=O)OC(C)(C)CCCCC. The lowest BCUT2D eigenvalue weighted by Gasteiger charge is -2.24. The van der Waals surface area contributed by atoms with E-state index in [0.29, 0.717) is 0 Å². The minimum Gasteiger partial charge on any atom is -0.460 e. The van der Waals surface area contributed by atoms with E-state index in [1.54, 1.807) is 0 Å². The van der Waals surface area contributed by atoms with Crippen LogP contribution in [0, 0.1) is 6.92 Å². The van der Waals surface area contributed by atoms with Gasteiger partial charge in [-0.1, -0.05) is 19.8 Å². The average Bonchev–Trinajstić information content (AvgIpc) is 2.03. The molecule has 0 N–H and O–H groups in total. The van der Waals surface area contributed by atoms with Gasteiger partial charge in [0, 0.05) is 6.42 Å². The number of ether oxygens (including phenoxy) is 1. The summed E-state index contributed by atoms with van der Waals surface area (Å²) in [7, 11) is 0. The van der Waals surface area contributed by atoms with E-state index in [-0.39, 0.29) is 18.0 Å². The smallest absolute Gasteiger partial charge is 0.306 e. The number of rotatable bonds is 6. The molecule has 0 aromatic rings. The van der Waals surface area contributed by atoms with E-state index in [0.717, 1.165) is 12.8 Å². The number of esters is 1. The molecule has 0 spiro atoms. The van der Waals surface area contributed by atoms with Gasteiger partial charge in [0.15, 0.2) is 0 Å². The average molecular weight is 185 g/mol. The van der Waals surface area contributed by atoms with Crippen molar-refractivity contribution in [1.29, 1.82) is 0 Å². The molecule has 0 bridgehead atoms. The summed E-state index contributed by atoms with van der Waals surface area (Å²) in [6.45, 7) is 9.56. The fourth-order valence-corrected chi connectivity index (χ4v) is 1.21. The van der Waals surface area contributed by atoms with E-state index >= 15 is 0 Å². The van der Waals surface area contributed by atoms with Crippen LogP contribution in [0.3, 0.4) is 0 Å². The predicted octanol–water partition coefficient (Wildman–Crippen LogP) is 3.11. The summed E-state index contributed by atoms with van der Waals surface area (Å²) in [4.78, 5) is 11.0. The van der Waals surface area contributed by atoms with Crippen LogP contribution in [0.4, 0.5) is 0 Å². The zero-order valence-electron chi connectivity index (χ0n) is 9.06. The Morgan fingerprint density at radius 1 is 1.38 bits per heavy atom. The minimum absolute atomic E-state index is 0.207. The van der Waals surface area contributed by atoms with E-state index in [9.17, 15) is 4.79 Å². The number of hydrogen-bond acceptors (Lipinski definition) is 2. The molecule has 0 aliphatic rings. The van der Waals surface area contributed by atoms with Crippen LogP contribution in [0.5, 0.6) is 0 Å². The van der Waals surface area contributed by atoms with Crippen LogP contribution in [0.1, 0.15) is 52.9 Å². The Morgan fingerprint density at radius 3 is 2.46 bits per heavy atom. The zero-order valence-corrected chi connectivity index (χ0v) is 9.06. The van der Waals surface area contributed by atoms with Crippen LogP contribution in [0.15, 0.2) is 0 Å². The fraction of sp³-hybridized carbons (Fsp3) is 0.818. The second kappa shape index (κ2) is 6.01. The Kier molecular flexibility index (Phi) is 5.76. The van der Waals surface area contributed by atoms with Crippen LogP contribution in [0.2, 0.25) is 0 Å². The lowest BCUT2D eigenvalue weighted by atomic mass is 10.0. The molecule has 0 saturated heterocycles. The van der Waals surface area contributed by atoms with Gasteiger partial charge >= 0.3 is 5.97 Å². The van der Waals surface area contributed by atoms with E-state index in [2.05, 4.69) is 13.8 Å². The maximum Gasteiger partial charge on any atom is 0.306 e. The van der Waals surface area contributed by atoms with Crippen molar-refractivity contribution in [2.75, 3.05) is 0 Å². The van der Waals surface area contributed by atoms with Gasteiger partial charge in [-0.2, -0.15) is 0 Å². The molecule has 1 radical (unpaired) electrons.